The summed E-state index contributed by atoms with van der Waals surface area (Å²) in [5.41, 5.74) is 0. The van der Waals surface area contributed by atoms with Gasteiger partial charge in [-0.25, -0.2) is 0 Å². The number of hydrogen-bond acceptors (Lipinski definition) is 3. The lowest BCUT2D eigenvalue weighted by Crippen LogP contribution is -2.33. The smallest absolute Gasteiger partial charge is 0.0698 e. The van der Waals surface area contributed by atoms with Gasteiger partial charge in [-0.05, 0) is 25.2 Å². The van der Waals surface area contributed by atoms with Crippen LogP contribution in [0.15, 0.2) is 0 Å². The molecule has 1 aliphatic rings. The molecular weight excluding hydrogens is 166 g/mol. The number of aliphatic hydroxyl groups is 1. The van der Waals surface area contributed by atoms with E-state index in [2.05, 4.69) is 12.2 Å². The third-order valence-electron chi connectivity index (χ3n) is 2.52. The average molecular weight is 187 g/mol. The molecule has 0 aromatic rings. The van der Waals surface area contributed by atoms with Crippen molar-refractivity contribution in [2.75, 3.05) is 26.4 Å². The highest BCUT2D eigenvalue weighted by Gasteiger charge is 2.29. The van der Waals surface area contributed by atoms with Crippen LogP contribution in [-0.2, 0) is 4.74 Å². The van der Waals surface area contributed by atoms with Crippen LogP contribution in [0.25, 0.3) is 0 Å². The fraction of sp³-hybridized carbons (Fsp3) is 1.00. The molecule has 1 atom stereocenters. The third-order valence-corrected chi connectivity index (χ3v) is 2.52. The first-order valence-corrected chi connectivity index (χ1v) is 5.30. The molecule has 0 aromatic heterocycles. The summed E-state index contributed by atoms with van der Waals surface area (Å²) in [6.07, 6.45) is 4.00. The molecule has 0 bridgehead atoms. The molecule has 1 saturated carbocycles. The molecule has 2 N–H and O–H groups in total. The molecule has 1 rings (SSSR count). The maximum absolute atomic E-state index is 8.47. The fourth-order valence-electron chi connectivity index (χ4n) is 1.63. The highest BCUT2D eigenvalue weighted by atomic mass is 16.5. The van der Waals surface area contributed by atoms with Gasteiger partial charge in [0.2, 0.25) is 0 Å². The first-order valence-electron chi connectivity index (χ1n) is 5.30. The molecule has 0 heterocycles. The van der Waals surface area contributed by atoms with Gasteiger partial charge in [-0.1, -0.05) is 6.92 Å². The highest BCUT2D eigenvalue weighted by molar-refractivity contribution is 4.85. The lowest BCUT2D eigenvalue weighted by atomic mass is 10.1. The van der Waals surface area contributed by atoms with E-state index in [1.165, 1.54) is 19.3 Å². The van der Waals surface area contributed by atoms with Gasteiger partial charge in [-0.2, -0.15) is 0 Å². The van der Waals surface area contributed by atoms with Crippen LogP contribution in [0.4, 0.5) is 0 Å². The Labute approximate surface area is 80.5 Å². The molecule has 1 fully saturated rings. The van der Waals surface area contributed by atoms with Crippen LogP contribution >= 0.6 is 0 Å². The molecule has 1 unspecified atom stereocenters. The molecular formula is C10H21NO2. The van der Waals surface area contributed by atoms with Crippen molar-refractivity contribution in [3.8, 4) is 0 Å². The van der Waals surface area contributed by atoms with Gasteiger partial charge in [-0.3, -0.25) is 0 Å². The molecule has 0 saturated heterocycles. The molecule has 0 aromatic carbocycles. The van der Waals surface area contributed by atoms with E-state index >= 15 is 0 Å². The lowest BCUT2D eigenvalue weighted by molar-refractivity contribution is 0.0921. The standard InChI is InChI=1S/C10H21NO2/c1-2-10(9-3-4-9)11-5-7-13-8-6-12/h9-12H,2-8H2,1H3. The van der Waals surface area contributed by atoms with Crippen LogP contribution in [0.1, 0.15) is 26.2 Å². The summed E-state index contributed by atoms with van der Waals surface area (Å²) in [5, 5.41) is 12.0. The van der Waals surface area contributed by atoms with Crippen LogP contribution in [0.5, 0.6) is 0 Å². The van der Waals surface area contributed by atoms with Crippen molar-refractivity contribution in [3.05, 3.63) is 0 Å². The minimum Gasteiger partial charge on any atom is -0.394 e. The summed E-state index contributed by atoms with van der Waals surface area (Å²) in [7, 11) is 0. The summed E-state index contributed by atoms with van der Waals surface area (Å²) in [6.45, 7) is 4.44. The van der Waals surface area contributed by atoms with E-state index in [0.717, 1.165) is 12.5 Å². The number of hydrogen-bond donors (Lipinski definition) is 2. The minimum atomic E-state index is 0.125. The van der Waals surface area contributed by atoms with Gasteiger partial charge in [0, 0.05) is 12.6 Å². The van der Waals surface area contributed by atoms with Gasteiger partial charge in [0.15, 0.2) is 0 Å². The minimum absolute atomic E-state index is 0.125. The summed E-state index contributed by atoms with van der Waals surface area (Å²) in [4.78, 5) is 0. The van der Waals surface area contributed by atoms with Gasteiger partial charge in [0.05, 0.1) is 19.8 Å². The van der Waals surface area contributed by atoms with E-state index in [4.69, 9.17) is 9.84 Å². The Morgan fingerprint density at radius 2 is 2.23 bits per heavy atom. The van der Waals surface area contributed by atoms with Crippen LogP contribution in [-0.4, -0.2) is 37.5 Å². The fourth-order valence-corrected chi connectivity index (χ4v) is 1.63. The molecule has 3 nitrogen and oxygen atoms in total. The second kappa shape index (κ2) is 6.35. The zero-order chi connectivity index (χ0) is 9.52. The number of nitrogens with one attached hydrogen (secondary N) is 1. The summed E-state index contributed by atoms with van der Waals surface area (Å²) >= 11 is 0. The van der Waals surface area contributed by atoms with Crippen molar-refractivity contribution >= 4 is 0 Å². The van der Waals surface area contributed by atoms with E-state index < -0.39 is 0 Å². The van der Waals surface area contributed by atoms with Gasteiger partial charge in [-0.15, -0.1) is 0 Å². The molecule has 0 spiro atoms. The van der Waals surface area contributed by atoms with Crippen LogP contribution in [0.3, 0.4) is 0 Å². The third kappa shape index (κ3) is 4.60. The Kier molecular flexibility index (Phi) is 5.35. The molecule has 0 radical (unpaired) electrons. The highest BCUT2D eigenvalue weighted by Crippen LogP contribution is 2.33. The predicted molar refractivity (Wildman–Crippen MR) is 52.7 cm³/mol. The van der Waals surface area contributed by atoms with E-state index in [1.807, 2.05) is 0 Å². The van der Waals surface area contributed by atoms with Crippen molar-refractivity contribution in [3.63, 3.8) is 0 Å². The second-order valence-corrected chi connectivity index (χ2v) is 3.64. The number of aliphatic hydroxyl groups excluding tert-OH is 1. The van der Waals surface area contributed by atoms with Crippen LogP contribution in [0, 0.1) is 5.92 Å². The van der Waals surface area contributed by atoms with E-state index in [0.29, 0.717) is 19.3 Å². The van der Waals surface area contributed by atoms with E-state index in [1.54, 1.807) is 0 Å². The monoisotopic (exact) mass is 187 g/mol. The quantitative estimate of drug-likeness (QED) is 0.552. The average Bonchev–Trinajstić information content (AvgIpc) is 2.95. The molecule has 0 aliphatic heterocycles. The van der Waals surface area contributed by atoms with Crippen LogP contribution < -0.4 is 5.32 Å². The van der Waals surface area contributed by atoms with Crippen molar-refractivity contribution in [2.24, 2.45) is 5.92 Å². The van der Waals surface area contributed by atoms with Crippen LogP contribution in [0.2, 0.25) is 0 Å². The van der Waals surface area contributed by atoms with Gasteiger partial charge < -0.3 is 15.2 Å². The summed E-state index contributed by atoms with van der Waals surface area (Å²) in [5.74, 6) is 0.919. The molecule has 78 valence electrons. The zero-order valence-corrected chi connectivity index (χ0v) is 8.46. The Morgan fingerprint density at radius 3 is 2.77 bits per heavy atom. The molecule has 13 heavy (non-hydrogen) atoms. The van der Waals surface area contributed by atoms with E-state index in [-0.39, 0.29) is 6.61 Å². The Morgan fingerprint density at radius 1 is 1.46 bits per heavy atom. The number of rotatable bonds is 8. The topological polar surface area (TPSA) is 41.5 Å². The SMILES string of the molecule is CCC(NCCOCCO)C1CC1. The first kappa shape index (κ1) is 11.0. The maximum atomic E-state index is 8.47. The normalized spacial score (nSPS) is 18.9. The maximum Gasteiger partial charge on any atom is 0.0698 e. The molecule has 3 heteroatoms. The zero-order valence-electron chi connectivity index (χ0n) is 8.46. The summed E-state index contributed by atoms with van der Waals surface area (Å²) in [6, 6.07) is 0.692. The number of ether oxygens (including phenoxy) is 1. The van der Waals surface area contributed by atoms with Gasteiger partial charge >= 0.3 is 0 Å². The second-order valence-electron chi connectivity index (χ2n) is 3.64. The lowest BCUT2D eigenvalue weighted by Gasteiger charge is -2.15. The largest absolute Gasteiger partial charge is 0.394 e. The molecule has 1 aliphatic carbocycles. The van der Waals surface area contributed by atoms with Crippen molar-refractivity contribution < 1.29 is 9.84 Å². The Balaban J connectivity index is 1.90. The van der Waals surface area contributed by atoms with Crippen molar-refractivity contribution in [1.82, 2.24) is 5.32 Å². The first-order chi connectivity index (χ1) is 6.38. The van der Waals surface area contributed by atoms with Gasteiger partial charge in [0.1, 0.15) is 0 Å². The van der Waals surface area contributed by atoms with Gasteiger partial charge in [0.25, 0.3) is 0 Å². The molecule has 0 amide bonds. The van der Waals surface area contributed by atoms with Crippen molar-refractivity contribution in [1.29, 1.82) is 0 Å². The van der Waals surface area contributed by atoms with E-state index in [9.17, 15) is 0 Å². The predicted octanol–water partition coefficient (Wildman–Crippen LogP) is 0.773. The summed E-state index contributed by atoms with van der Waals surface area (Å²) < 4.78 is 5.17. The van der Waals surface area contributed by atoms with Crippen molar-refractivity contribution in [2.45, 2.75) is 32.2 Å². The Hall–Kier alpha value is -0.120. The Bertz CT molecular complexity index is 126.